The maximum absolute atomic E-state index is 14.1. The molecule has 1 saturated heterocycles. The molecule has 3 heterocycles. The lowest BCUT2D eigenvalue weighted by molar-refractivity contribution is 0.0740. The maximum Gasteiger partial charge on any atom is 0.324 e. The number of urea groups is 1. The van der Waals surface area contributed by atoms with Crippen LogP contribution >= 0.6 is 0 Å². The highest BCUT2D eigenvalue weighted by molar-refractivity contribution is 7.85. The number of carbonyl (C=O) groups excluding carboxylic acids is 2. The monoisotopic (exact) mass is 683 g/mol. The first-order valence-corrected chi connectivity index (χ1v) is 16.9. The number of rotatable bonds is 5. The summed E-state index contributed by atoms with van der Waals surface area (Å²) in [5.74, 6) is -1.48. The largest absolute Gasteiger partial charge is 0.353 e. The Balaban J connectivity index is 0.000000968. The van der Waals surface area contributed by atoms with Crippen molar-refractivity contribution in [1.29, 1.82) is 0 Å². The van der Waals surface area contributed by atoms with Gasteiger partial charge in [-0.15, -0.1) is 0 Å². The van der Waals surface area contributed by atoms with Gasteiger partial charge in [-0.25, -0.2) is 23.2 Å². The van der Waals surface area contributed by atoms with Crippen LogP contribution in [0.4, 0.5) is 30.9 Å². The van der Waals surface area contributed by atoms with Crippen LogP contribution in [0.1, 0.15) is 48.1 Å². The number of aromatic nitrogens is 3. The van der Waals surface area contributed by atoms with Gasteiger partial charge in [0.25, 0.3) is 16.0 Å². The van der Waals surface area contributed by atoms with Crippen LogP contribution in [0.5, 0.6) is 0 Å². The molecule has 5 rings (SSSR count). The minimum absolute atomic E-state index is 0.215. The van der Waals surface area contributed by atoms with E-state index in [0.717, 1.165) is 23.0 Å². The second kappa shape index (κ2) is 14.5. The number of carbonyl (C=O) groups is 2. The standard InChI is InChI=1S/C32H35F2N7O2.CH4O3S/c1-20-9-11-22(12-10-20)41-28(19-26(38-41)32(3,4)5)37-31(43)36-25-13-14-27(35-21(25)2)39-15-17-40(18-16-39)30(42)23-7-6-8-24(33)29(23)34;1-5(2,3)4/h6-14,19H,15-18H2,1-5H3,(H2,36,37,43);1H3,(H,2,3,4). The van der Waals surface area contributed by atoms with Gasteiger partial charge in [0.1, 0.15) is 11.6 Å². The molecule has 4 aromatic rings. The molecule has 0 bridgehead atoms. The molecule has 256 valence electrons. The van der Waals surface area contributed by atoms with Gasteiger partial charge in [0.05, 0.1) is 34.6 Å². The third-order valence-electron chi connectivity index (χ3n) is 7.39. The summed E-state index contributed by atoms with van der Waals surface area (Å²) in [4.78, 5) is 34.0. The number of pyridine rings is 1. The summed E-state index contributed by atoms with van der Waals surface area (Å²) in [5.41, 5.74) is 3.49. The average Bonchev–Trinajstić information content (AvgIpc) is 3.43. The van der Waals surface area contributed by atoms with Crippen molar-refractivity contribution in [3.05, 3.63) is 94.8 Å². The first-order chi connectivity index (χ1) is 22.4. The van der Waals surface area contributed by atoms with Crippen molar-refractivity contribution in [2.45, 2.75) is 40.0 Å². The summed E-state index contributed by atoms with van der Waals surface area (Å²) < 4.78 is 55.3. The smallest absolute Gasteiger partial charge is 0.324 e. The van der Waals surface area contributed by atoms with Crippen molar-refractivity contribution >= 4 is 39.4 Å². The third-order valence-corrected chi connectivity index (χ3v) is 7.39. The van der Waals surface area contributed by atoms with Gasteiger partial charge in [-0.1, -0.05) is 44.5 Å². The summed E-state index contributed by atoms with van der Waals surface area (Å²) in [7, 11) is -3.67. The van der Waals surface area contributed by atoms with E-state index in [-0.39, 0.29) is 11.0 Å². The number of piperazine rings is 1. The molecule has 0 atom stereocenters. The first kappa shape index (κ1) is 36.0. The number of nitrogens with one attached hydrogen (secondary N) is 2. The van der Waals surface area contributed by atoms with Gasteiger partial charge in [-0.2, -0.15) is 13.5 Å². The van der Waals surface area contributed by atoms with Gasteiger partial charge in [0, 0.05) is 37.7 Å². The predicted octanol–water partition coefficient (Wildman–Crippen LogP) is 5.57. The molecule has 1 fully saturated rings. The van der Waals surface area contributed by atoms with Gasteiger partial charge in [-0.3, -0.25) is 14.7 Å². The van der Waals surface area contributed by atoms with Gasteiger partial charge in [0.15, 0.2) is 11.6 Å². The van der Waals surface area contributed by atoms with Crippen LogP contribution in [0.3, 0.4) is 0 Å². The van der Waals surface area contributed by atoms with Gasteiger partial charge < -0.3 is 15.1 Å². The zero-order chi connectivity index (χ0) is 35.4. The predicted molar refractivity (Wildman–Crippen MR) is 181 cm³/mol. The highest BCUT2D eigenvalue weighted by atomic mass is 32.2. The van der Waals surface area contributed by atoms with Crippen LogP contribution in [-0.2, 0) is 15.5 Å². The highest BCUT2D eigenvalue weighted by Crippen LogP contribution is 2.27. The van der Waals surface area contributed by atoms with Gasteiger partial charge >= 0.3 is 6.03 Å². The van der Waals surface area contributed by atoms with E-state index in [0.29, 0.717) is 55.5 Å². The number of aryl methyl sites for hydroxylation is 2. The number of anilines is 3. The summed E-state index contributed by atoms with van der Waals surface area (Å²) >= 11 is 0. The number of amides is 3. The Bertz CT molecular complexity index is 1890. The van der Waals surface area contributed by atoms with Crippen molar-refractivity contribution in [2.24, 2.45) is 0 Å². The SMILES string of the molecule is CS(=O)(=O)O.Cc1ccc(-n2nc(C(C)(C)C)cc2NC(=O)Nc2ccc(N3CCN(C(=O)c4cccc(F)c4F)CC3)nc2C)cc1. The molecule has 1 aliphatic heterocycles. The number of hydrogen-bond donors (Lipinski definition) is 3. The maximum atomic E-state index is 14.1. The minimum Gasteiger partial charge on any atom is -0.353 e. The molecule has 15 heteroatoms. The number of halogens is 2. The van der Waals surface area contributed by atoms with Crippen LogP contribution in [0.15, 0.2) is 60.7 Å². The summed E-state index contributed by atoms with van der Waals surface area (Å²) in [6.45, 7) is 11.6. The zero-order valence-electron chi connectivity index (χ0n) is 27.6. The Morgan fingerprint density at radius 1 is 0.917 bits per heavy atom. The molecule has 1 aliphatic rings. The lowest BCUT2D eigenvalue weighted by Crippen LogP contribution is -2.49. The van der Waals surface area contributed by atoms with Gasteiger partial charge in [-0.05, 0) is 50.2 Å². The lowest BCUT2D eigenvalue weighted by atomic mass is 9.92. The molecule has 3 N–H and O–H groups in total. The first-order valence-electron chi connectivity index (χ1n) is 15.0. The molecular formula is C33H39F2N7O5S. The third kappa shape index (κ3) is 9.35. The molecule has 12 nitrogen and oxygen atoms in total. The van der Waals surface area contributed by atoms with Crippen molar-refractivity contribution in [1.82, 2.24) is 19.7 Å². The number of benzene rings is 2. The van der Waals surface area contributed by atoms with E-state index in [4.69, 9.17) is 9.65 Å². The van der Waals surface area contributed by atoms with Crippen molar-refractivity contribution in [2.75, 3.05) is 48.0 Å². The molecule has 0 radical (unpaired) electrons. The highest BCUT2D eigenvalue weighted by Gasteiger charge is 2.26. The van der Waals surface area contributed by atoms with E-state index in [2.05, 4.69) is 36.4 Å². The second-order valence-corrected chi connectivity index (χ2v) is 13.9. The molecule has 2 aromatic carbocycles. The fraction of sp³-hybridized carbons (Fsp3) is 0.333. The molecule has 0 unspecified atom stereocenters. The Morgan fingerprint density at radius 2 is 1.54 bits per heavy atom. The van der Waals surface area contributed by atoms with E-state index >= 15 is 0 Å². The summed E-state index contributed by atoms with van der Waals surface area (Å²) in [5, 5.41) is 10.6. The number of hydrogen-bond acceptors (Lipinski definition) is 7. The quantitative estimate of drug-likeness (QED) is 0.231. The fourth-order valence-electron chi connectivity index (χ4n) is 4.82. The average molecular weight is 684 g/mol. The van der Waals surface area contributed by atoms with Crippen molar-refractivity contribution < 1.29 is 31.3 Å². The van der Waals surface area contributed by atoms with E-state index in [1.54, 1.807) is 23.7 Å². The zero-order valence-corrected chi connectivity index (χ0v) is 28.4. The normalized spacial score (nSPS) is 13.4. The van der Waals surface area contributed by atoms with E-state index < -0.39 is 33.7 Å². The van der Waals surface area contributed by atoms with Crippen LogP contribution < -0.4 is 15.5 Å². The Labute approximate surface area is 278 Å². The Hall–Kier alpha value is -4.89. The van der Waals surface area contributed by atoms with Crippen molar-refractivity contribution in [3.63, 3.8) is 0 Å². The second-order valence-electron chi connectivity index (χ2n) is 12.4. The van der Waals surface area contributed by atoms with Crippen LogP contribution in [0.25, 0.3) is 5.69 Å². The molecule has 3 amide bonds. The van der Waals surface area contributed by atoms with E-state index in [9.17, 15) is 26.8 Å². The molecule has 2 aromatic heterocycles. The summed E-state index contributed by atoms with van der Waals surface area (Å²) in [6.07, 6.45) is 0.715. The van der Waals surface area contributed by atoms with Crippen LogP contribution in [0.2, 0.25) is 0 Å². The number of nitrogens with zero attached hydrogens (tertiary/aromatic N) is 5. The topological polar surface area (TPSA) is 150 Å². The van der Waals surface area contributed by atoms with Crippen LogP contribution in [-0.4, -0.2) is 77.0 Å². The Kier molecular flexibility index (Phi) is 10.8. The van der Waals surface area contributed by atoms with Crippen LogP contribution in [0, 0.1) is 25.5 Å². The summed E-state index contributed by atoms with van der Waals surface area (Å²) in [6, 6.07) is 16.6. The molecular weight excluding hydrogens is 644 g/mol. The fourth-order valence-corrected chi connectivity index (χ4v) is 4.82. The van der Waals surface area contributed by atoms with E-state index in [1.165, 1.54) is 17.0 Å². The van der Waals surface area contributed by atoms with Crippen molar-refractivity contribution in [3.8, 4) is 5.69 Å². The van der Waals surface area contributed by atoms with E-state index in [1.807, 2.05) is 42.2 Å². The Morgan fingerprint density at radius 3 is 2.12 bits per heavy atom. The molecule has 0 saturated carbocycles. The molecule has 0 spiro atoms. The minimum atomic E-state index is -3.67. The molecule has 0 aliphatic carbocycles. The lowest BCUT2D eigenvalue weighted by Gasteiger charge is -2.35. The van der Waals surface area contributed by atoms with Gasteiger partial charge in [0.2, 0.25) is 0 Å². The molecule has 48 heavy (non-hydrogen) atoms.